The van der Waals surface area contributed by atoms with Crippen LogP contribution in [0, 0.1) is 5.21 Å². The van der Waals surface area contributed by atoms with Crippen LogP contribution in [0.15, 0.2) is 84.9 Å². The number of nitrogens with one attached hydrogen (secondary N) is 1. The van der Waals surface area contributed by atoms with Gasteiger partial charge in [0.1, 0.15) is 6.61 Å². The summed E-state index contributed by atoms with van der Waals surface area (Å²) in [5.74, 6) is -1.36. The molecule has 0 spiro atoms. The second kappa shape index (κ2) is 10.4. The Morgan fingerprint density at radius 2 is 1.52 bits per heavy atom. The quantitative estimate of drug-likeness (QED) is 0.377. The predicted molar refractivity (Wildman–Crippen MR) is 113 cm³/mol. The lowest BCUT2D eigenvalue weighted by molar-refractivity contribution is -0.156. The van der Waals surface area contributed by atoms with Crippen molar-refractivity contribution in [3.8, 4) is 0 Å². The standard InChI is InChI=1S/C23H21N2O6/c26-21(23(28)31-15-16-11-13-19(14-12-16)25(29)30)20(17-7-3-1-4-8-17)24-22(27)18-9-5-2-6-10-18/h1-14,20-21,26,29H,15H2,(H,24,27)/q-1. The molecule has 0 aliphatic heterocycles. The minimum atomic E-state index is -1.65. The molecule has 31 heavy (non-hydrogen) atoms. The first-order valence-corrected chi connectivity index (χ1v) is 9.46. The van der Waals surface area contributed by atoms with E-state index in [1.165, 1.54) is 24.3 Å². The topological polar surface area (TPSA) is 122 Å². The van der Waals surface area contributed by atoms with Crippen molar-refractivity contribution in [2.75, 3.05) is 5.23 Å². The van der Waals surface area contributed by atoms with E-state index >= 15 is 0 Å². The van der Waals surface area contributed by atoms with Gasteiger partial charge in [-0.25, -0.2) is 4.79 Å². The van der Waals surface area contributed by atoms with E-state index < -0.39 is 24.0 Å². The van der Waals surface area contributed by atoms with Crippen molar-refractivity contribution in [3.05, 3.63) is 107 Å². The summed E-state index contributed by atoms with van der Waals surface area (Å²) >= 11 is 0. The third-order valence-electron chi connectivity index (χ3n) is 4.58. The van der Waals surface area contributed by atoms with Crippen molar-refractivity contribution in [2.45, 2.75) is 18.8 Å². The number of hydrogen-bond donors (Lipinski definition) is 3. The Labute approximate surface area is 178 Å². The molecule has 2 atom stereocenters. The average molecular weight is 421 g/mol. The Morgan fingerprint density at radius 1 is 0.935 bits per heavy atom. The van der Waals surface area contributed by atoms with E-state index in [1.807, 2.05) is 0 Å². The zero-order valence-electron chi connectivity index (χ0n) is 16.4. The highest BCUT2D eigenvalue weighted by Gasteiger charge is 2.30. The number of nitrogens with zero attached hydrogens (tertiary/aromatic N) is 1. The van der Waals surface area contributed by atoms with Crippen LogP contribution < -0.4 is 10.5 Å². The maximum absolute atomic E-state index is 12.6. The molecule has 8 heteroatoms. The van der Waals surface area contributed by atoms with Crippen molar-refractivity contribution in [3.63, 3.8) is 0 Å². The smallest absolute Gasteiger partial charge is 0.337 e. The first kappa shape index (κ1) is 22.0. The predicted octanol–water partition coefficient (Wildman–Crippen LogP) is 2.96. The lowest BCUT2D eigenvalue weighted by Gasteiger charge is -2.24. The van der Waals surface area contributed by atoms with Crippen LogP contribution in [-0.2, 0) is 16.1 Å². The zero-order valence-corrected chi connectivity index (χ0v) is 16.4. The van der Waals surface area contributed by atoms with E-state index in [0.29, 0.717) is 16.7 Å². The van der Waals surface area contributed by atoms with Crippen LogP contribution >= 0.6 is 0 Å². The van der Waals surface area contributed by atoms with Gasteiger partial charge in [0.15, 0.2) is 6.10 Å². The van der Waals surface area contributed by atoms with Gasteiger partial charge in [-0.3, -0.25) is 10.0 Å². The number of rotatable bonds is 8. The van der Waals surface area contributed by atoms with Gasteiger partial charge in [0.05, 0.1) is 11.7 Å². The van der Waals surface area contributed by atoms with E-state index in [-0.39, 0.29) is 17.5 Å². The highest BCUT2D eigenvalue weighted by atomic mass is 16.8. The second-order valence-corrected chi connectivity index (χ2v) is 6.72. The molecule has 3 N–H and O–H groups in total. The molecule has 0 saturated carbocycles. The Kier molecular flexibility index (Phi) is 7.34. The second-order valence-electron chi connectivity index (χ2n) is 6.72. The van der Waals surface area contributed by atoms with Crippen LogP contribution in [0.4, 0.5) is 5.69 Å². The summed E-state index contributed by atoms with van der Waals surface area (Å²) in [7, 11) is 0. The number of carbonyl (C=O) groups excluding carboxylic acids is 2. The molecule has 0 bridgehead atoms. The third-order valence-corrected chi connectivity index (χ3v) is 4.58. The van der Waals surface area contributed by atoms with Gasteiger partial charge in [0.25, 0.3) is 5.91 Å². The van der Waals surface area contributed by atoms with Crippen molar-refractivity contribution in [1.82, 2.24) is 5.32 Å². The molecule has 8 nitrogen and oxygen atoms in total. The highest BCUT2D eigenvalue weighted by molar-refractivity contribution is 5.94. The largest absolute Gasteiger partial charge is 0.733 e. The number of carbonyl (C=O) groups is 2. The lowest BCUT2D eigenvalue weighted by Crippen LogP contribution is -2.41. The fourth-order valence-electron chi connectivity index (χ4n) is 2.91. The number of aliphatic hydroxyl groups excluding tert-OH is 1. The van der Waals surface area contributed by atoms with Gasteiger partial charge in [0.2, 0.25) is 0 Å². The van der Waals surface area contributed by atoms with Crippen molar-refractivity contribution >= 4 is 17.6 Å². The Balaban J connectivity index is 1.70. The van der Waals surface area contributed by atoms with Gasteiger partial charge >= 0.3 is 5.97 Å². The maximum Gasteiger partial charge on any atom is 0.337 e. The lowest BCUT2D eigenvalue weighted by atomic mass is 10.0. The molecule has 0 aliphatic carbocycles. The molecule has 0 heterocycles. The van der Waals surface area contributed by atoms with E-state index in [2.05, 4.69) is 5.32 Å². The molecule has 0 saturated heterocycles. The number of amides is 1. The van der Waals surface area contributed by atoms with Gasteiger partial charge < -0.3 is 25.6 Å². The van der Waals surface area contributed by atoms with E-state index in [1.54, 1.807) is 60.7 Å². The molecule has 1 amide bonds. The molecule has 0 aromatic heterocycles. The fraction of sp³-hybridized carbons (Fsp3) is 0.130. The van der Waals surface area contributed by atoms with Crippen molar-refractivity contribution in [1.29, 1.82) is 0 Å². The summed E-state index contributed by atoms with van der Waals surface area (Å²) < 4.78 is 5.19. The Bertz CT molecular complexity index is 994. The SMILES string of the molecule is O=C(NC(c1ccccc1)C(O)C(=O)OCc1ccc(N([O-])O)cc1)c1ccccc1. The molecule has 0 radical (unpaired) electrons. The van der Waals surface area contributed by atoms with E-state index in [9.17, 15) is 19.9 Å². The first-order chi connectivity index (χ1) is 15.0. The van der Waals surface area contributed by atoms with E-state index in [4.69, 9.17) is 9.94 Å². The number of anilines is 1. The molecular weight excluding hydrogens is 400 g/mol. The summed E-state index contributed by atoms with van der Waals surface area (Å²) in [5.41, 5.74) is 1.51. The number of benzene rings is 3. The molecule has 0 fully saturated rings. The number of aliphatic hydroxyl groups is 1. The molecule has 3 rings (SSSR count). The molecule has 160 valence electrons. The van der Waals surface area contributed by atoms with Crippen LogP contribution in [0.2, 0.25) is 0 Å². The van der Waals surface area contributed by atoms with Gasteiger partial charge in [-0.05, 0) is 35.4 Å². The zero-order chi connectivity index (χ0) is 22.2. The minimum Gasteiger partial charge on any atom is -0.733 e. The fourth-order valence-corrected chi connectivity index (χ4v) is 2.91. The Morgan fingerprint density at radius 3 is 2.10 bits per heavy atom. The third kappa shape index (κ3) is 5.89. The summed E-state index contributed by atoms with van der Waals surface area (Å²) in [6.07, 6.45) is -1.65. The molecule has 0 aliphatic rings. The minimum absolute atomic E-state index is 0.0304. The number of hydrogen-bond acceptors (Lipinski definition) is 7. The molecule has 2 unspecified atom stereocenters. The van der Waals surface area contributed by atoms with Gasteiger partial charge in [-0.15, -0.1) is 0 Å². The maximum atomic E-state index is 12.6. The van der Waals surface area contributed by atoms with E-state index in [0.717, 1.165) is 0 Å². The molecule has 3 aromatic carbocycles. The first-order valence-electron chi connectivity index (χ1n) is 9.46. The van der Waals surface area contributed by atoms with Crippen LogP contribution in [0.1, 0.15) is 27.5 Å². The Hall–Kier alpha value is -3.72. The summed E-state index contributed by atoms with van der Waals surface area (Å²) in [5, 5.41) is 32.7. The number of esters is 1. The normalized spacial score (nSPS) is 12.5. The van der Waals surface area contributed by atoms with Crippen LogP contribution in [0.3, 0.4) is 0 Å². The summed E-state index contributed by atoms with van der Waals surface area (Å²) in [4.78, 5) is 25.1. The summed E-state index contributed by atoms with van der Waals surface area (Å²) in [6, 6.07) is 21.8. The van der Waals surface area contributed by atoms with Gasteiger partial charge in [0, 0.05) is 5.56 Å². The van der Waals surface area contributed by atoms with Gasteiger partial charge in [-0.2, -0.15) is 0 Å². The van der Waals surface area contributed by atoms with Crippen molar-refractivity contribution in [2.24, 2.45) is 0 Å². The average Bonchev–Trinajstić information content (AvgIpc) is 2.81. The van der Waals surface area contributed by atoms with Crippen molar-refractivity contribution < 1.29 is 24.6 Å². The molecule has 3 aromatic rings. The van der Waals surface area contributed by atoms with Gasteiger partial charge in [-0.1, -0.05) is 60.7 Å². The monoisotopic (exact) mass is 421 g/mol. The number of ether oxygens (including phenoxy) is 1. The van der Waals surface area contributed by atoms with Crippen LogP contribution in [-0.4, -0.2) is 28.3 Å². The van der Waals surface area contributed by atoms with Crippen LogP contribution in [0.25, 0.3) is 0 Å². The highest BCUT2D eigenvalue weighted by Crippen LogP contribution is 2.20. The summed E-state index contributed by atoms with van der Waals surface area (Å²) in [6.45, 7) is -0.158. The van der Waals surface area contributed by atoms with Crippen LogP contribution in [0.5, 0.6) is 0 Å². The molecular formula is C23H21N2O6-.